The summed E-state index contributed by atoms with van der Waals surface area (Å²) in [6, 6.07) is 3.25. The van der Waals surface area contributed by atoms with Crippen molar-refractivity contribution in [2.45, 2.75) is 45.2 Å². The van der Waals surface area contributed by atoms with Crippen LogP contribution in [0.15, 0.2) is 16.9 Å². The maximum absolute atomic E-state index is 15.1. The number of anilines is 1. The molecule has 1 aromatic heterocycles. The summed E-state index contributed by atoms with van der Waals surface area (Å²) in [5, 5.41) is 0.653. The molecule has 0 amide bonds. The van der Waals surface area contributed by atoms with Gasteiger partial charge in [-0.3, -0.25) is 4.79 Å². The van der Waals surface area contributed by atoms with E-state index in [-0.39, 0.29) is 23.5 Å². The van der Waals surface area contributed by atoms with Gasteiger partial charge in [0.25, 0.3) is 5.56 Å². The Kier molecular flexibility index (Phi) is 4.04. The molecule has 136 valence electrons. The topological polar surface area (TPSA) is 51.3 Å². The lowest BCUT2D eigenvalue weighted by atomic mass is 10.0. The van der Waals surface area contributed by atoms with Crippen molar-refractivity contribution in [1.82, 2.24) is 4.57 Å². The van der Waals surface area contributed by atoms with Gasteiger partial charge >= 0.3 is 0 Å². The molecular weight excluding hydrogens is 329 g/mol. The molecule has 0 radical (unpaired) electrons. The smallest absolute Gasteiger partial charge is 0.252 e. The molecule has 26 heavy (non-hydrogen) atoms. The van der Waals surface area contributed by atoms with Gasteiger partial charge in [-0.15, -0.1) is 6.42 Å². The molecule has 2 N–H and O–H groups in total. The number of fused-ring (bicyclic) bond motifs is 1. The van der Waals surface area contributed by atoms with Crippen LogP contribution in [-0.4, -0.2) is 23.7 Å². The Balaban J connectivity index is 1.95. The minimum Gasteiger partial charge on any atom is -0.369 e. The van der Waals surface area contributed by atoms with E-state index in [1.54, 1.807) is 0 Å². The molecule has 5 heteroatoms. The van der Waals surface area contributed by atoms with Gasteiger partial charge in [-0.25, -0.2) is 4.39 Å². The summed E-state index contributed by atoms with van der Waals surface area (Å²) >= 11 is 0. The van der Waals surface area contributed by atoms with E-state index in [0.717, 1.165) is 43.4 Å². The zero-order valence-electron chi connectivity index (χ0n) is 15.3. The molecule has 2 heterocycles. The van der Waals surface area contributed by atoms with Gasteiger partial charge in [0.1, 0.15) is 5.82 Å². The number of aryl methyl sites for hydroxylation is 1. The Morgan fingerprint density at radius 1 is 1.35 bits per heavy atom. The van der Waals surface area contributed by atoms with E-state index >= 15 is 4.39 Å². The van der Waals surface area contributed by atoms with Gasteiger partial charge < -0.3 is 15.2 Å². The van der Waals surface area contributed by atoms with Gasteiger partial charge in [0.2, 0.25) is 0 Å². The lowest BCUT2D eigenvalue weighted by molar-refractivity contribution is 0.487. The number of benzene rings is 1. The highest BCUT2D eigenvalue weighted by Gasteiger charge is 2.31. The Labute approximate surface area is 152 Å². The second-order valence-corrected chi connectivity index (χ2v) is 7.72. The Hall–Kier alpha value is -2.32. The summed E-state index contributed by atoms with van der Waals surface area (Å²) in [7, 11) is 0. The molecule has 2 unspecified atom stereocenters. The van der Waals surface area contributed by atoms with Gasteiger partial charge in [0, 0.05) is 42.2 Å². The van der Waals surface area contributed by atoms with E-state index < -0.39 is 0 Å². The van der Waals surface area contributed by atoms with Gasteiger partial charge in [-0.05, 0) is 50.7 Å². The standard InChI is InChI=1S/C21H24FN3O/c1-4-14-9-19(26)25(16-5-6-16)20-12(2)21(18(22)10-17(14)20)24-8-7-15(11-24)13(3)23/h1,9-10,13,15-16H,5-8,11,23H2,2-3H3. The highest BCUT2D eigenvalue weighted by Crippen LogP contribution is 2.40. The monoisotopic (exact) mass is 353 g/mol. The maximum Gasteiger partial charge on any atom is 0.252 e. The predicted octanol–water partition coefficient (Wildman–Crippen LogP) is 2.94. The van der Waals surface area contributed by atoms with Gasteiger partial charge in [-0.1, -0.05) is 5.92 Å². The first kappa shape index (κ1) is 17.1. The third kappa shape index (κ3) is 2.60. The van der Waals surface area contributed by atoms with E-state index in [1.165, 1.54) is 12.1 Å². The van der Waals surface area contributed by atoms with Crippen LogP contribution >= 0.6 is 0 Å². The number of hydrogen-bond acceptors (Lipinski definition) is 3. The quantitative estimate of drug-likeness (QED) is 0.863. The summed E-state index contributed by atoms with van der Waals surface area (Å²) < 4.78 is 16.9. The number of pyridine rings is 1. The highest BCUT2D eigenvalue weighted by molar-refractivity contribution is 5.92. The lowest BCUT2D eigenvalue weighted by Gasteiger charge is -2.25. The van der Waals surface area contributed by atoms with E-state index in [9.17, 15) is 4.79 Å². The number of terminal acetylenes is 1. The van der Waals surface area contributed by atoms with E-state index in [2.05, 4.69) is 10.8 Å². The molecule has 1 aliphatic carbocycles. The van der Waals surface area contributed by atoms with Gasteiger partial charge in [-0.2, -0.15) is 0 Å². The Morgan fingerprint density at radius 2 is 2.08 bits per heavy atom. The van der Waals surface area contributed by atoms with Gasteiger partial charge in [0.05, 0.1) is 11.2 Å². The summed E-state index contributed by atoms with van der Waals surface area (Å²) in [6.07, 6.45) is 8.50. The molecule has 2 atom stereocenters. The zero-order chi connectivity index (χ0) is 18.6. The van der Waals surface area contributed by atoms with Crippen molar-refractivity contribution in [1.29, 1.82) is 0 Å². The van der Waals surface area contributed by atoms with Crippen LogP contribution in [-0.2, 0) is 0 Å². The average Bonchev–Trinajstić information content (AvgIpc) is 3.31. The van der Waals surface area contributed by atoms with Crippen molar-refractivity contribution in [3.05, 3.63) is 39.4 Å². The van der Waals surface area contributed by atoms with Crippen molar-refractivity contribution >= 4 is 16.6 Å². The molecule has 2 fully saturated rings. The highest BCUT2D eigenvalue weighted by atomic mass is 19.1. The predicted molar refractivity (Wildman–Crippen MR) is 103 cm³/mol. The second-order valence-electron chi connectivity index (χ2n) is 7.72. The van der Waals surface area contributed by atoms with Crippen LogP contribution in [0.5, 0.6) is 0 Å². The minimum absolute atomic E-state index is 0.0847. The first-order valence-corrected chi connectivity index (χ1v) is 9.27. The van der Waals surface area contributed by atoms with Crippen molar-refractivity contribution in [3.63, 3.8) is 0 Å². The van der Waals surface area contributed by atoms with E-state index in [0.29, 0.717) is 22.6 Å². The largest absolute Gasteiger partial charge is 0.369 e. The van der Waals surface area contributed by atoms with Crippen molar-refractivity contribution in [2.24, 2.45) is 11.7 Å². The Morgan fingerprint density at radius 3 is 2.65 bits per heavy atom. The van der Waals surface area contributed by atoms with Crippen LogP contribution in [0.3, 0.4) is 0 Å². The number of nitrogens with two attached hydrogens (primary N) is 1. The van der Waals surface area contributed by atoms with Gasteiger partial charge in [0.15, 0.2) is 0 Å². The molecule has 1 aliphatic heterocycles. The van der Waals surface area contributed by atoms with Crippen LogP contribution in [0.1, 0.15) is 43.4 Å². The number of aromatic nitrogens is 1. The molecule has 0 spiro atoms. The zero-order valence-corrected chi connectivity index (χ0v) is 15.3. The van der Waals surface area contributed by atoms with Crippen LogP contribution in [0, 0.1) is 31.0 Å². The molecule has 2 aromatic rings. The molecule has 1 aromatic carbocycles. The molecule has 1 saturated heterocycles. The fourth-order valence-corrected chi connectivity index (χ4v) is 4.28. The summed E-state index contributed by atoms with van der Waals surface area (Å²) in [5.74, 6) is 2.63. The molecule has 0 bridgehead atoms. The maximum atomic E-state index is 15.1. The van der Waals surface area contributed by atoms with Crippen molar-refractivity contribution in [2.75, 3.05) is 18.0 Å². The minimum atomic E-state index is -0.280. The fraction of sp³-hybridized carbons (Fsp3) is 0.476. The second kappa shape index (κ2) is 6.14. The molecule has 1 saturated carbocycles. The number of nitrogens with zero attached hydrogens (tertiary/aromatic N) is 2. The first-order valence-electron chi connectivity index (χ1n) is 9.27. The van der Waals surface area contributed by atoms with Crippen LogP contribution in [0.2, 0.25) is 0 Å². The van der Waals surface area contributed by atoms with Crippen molar-refractivity contribution in [3.8, 4) is 12.3 Å². The molecule has 2 aliphatic rings. The van der Waals surface area contributed by atoms with Crippen LogP contribution in [0.4, 0.5) is 10.1 Å². The third-order valence-electron chi connectivity index (χ3n) is 5.85. The van der Waals surface area contributed by atoms with Crippen LogP contribution in [0.25, 0.3) is 10.9 Å². The summed E-state index contributed by atoms with van der Waals surface area (Å²) in [6.45, 7) is 5.42. The average molecular weight is 353 g/mol. The lowest BCUT2D eigenvalue weighted by Crippen LogP contribution is -2.30. The number of hydrogen-bond donors (Lipinski definition) is 1. The molecule has 4 rings (SSSR count). The van der Waals surface area contributed by atoms with E-state index in [4.69, 9.17) is 12.2 Å². The van der Waals surface area contributed by atoms with Crippen molar-refractivity contribution < 1.29 is 4.39 Å². The normalized spacial score (nSPS) is 21.2. The fourth-order valence-electron chi connectivity index (χ4n) is 4.28. The molecule has 4 nitrogen and oxygen atoms in total. The SMILES string of the molecule is C#Cc1cc(=O)n(C2CC2)c2c(C)c(N3CCC(C(C)N)C3)c(F)cc12. The Bertz CT molecular complexity index is 982. The summed E-state index contributed by atoms with van der Waals surface area (Å²) in [4.78, 5) is 14.7. The van der Waals surface area contributed by atoms with E-state index in [1.807, 2.05) is 18.4 Å². The molecular formula is C21H24FN3O. The number of rotatable bonds is 3. The number of halogens is 1. The summed E-state index contributed by atoms with van der Waals surface area (Å²) in [5.41, 5.74) is 8.59. The first-order chi connectivity index (χ1) is 12.4. The van der Waals surface area contributed by atoms with Crippen LogP contribution < -0.4 is 16.2 Å². The third-order valence-corrected chi connectivity index (χ3v) is 5.85.